The van der Waals surface area contributed by atoms with Gasteiger partial charge in [0.05, 0.1) is 29.2 Å². The molecule has 234 valence electrons. The molecule has 3 aromatic heterocycles. The number of aryl methyl sites for hydroxylation is 2. The second kappa shape index (κ2) is 14.4. The molecule has 0 atom stereocenters. The number of imidazole rings is 1. The van der Waals surface area contributed by atoms with E-state index in [-0.39, 0.29) is 31.2 Å². The molecule has 3 heterocycles. The quantitative estimate of drug-likeness (QED) is 0.124. The van der Waals surface area contributed by atoms with Gasteiger partial charge in [-0.3, -0.25) is 0 Å². The first kappa shape index (κ1) is 26.5. The third-order valence-corrected chi connectivity index (χ3v) is 13.1. The third-order valence-electron chi connectivity index (χ3n) is 8.58. The molecule has 0 aliphatic rings. The Balaban J connectivity index is 0.000000352. The Labute approximate surface area is 299 Å². The van der Waals surface area contributed by atoms with Crippen LogP contribution in [0.25, 0.3) is 55.6 Å². The number of fused-ring (bicyclic) bond motifs is 3. The number of nitrogens with zero attached hydrogens (tertiary/aromatic N) is 4. The summed E-state index contributed by atoms with van der Waals surface area (Å²) in [5, 5.41) is 11.5. The predicted molar refractivity (Wildman–Crippen MR) is 189 cm³/mol. The summed E-state index contributed by atoms with van der Waals surface area (Å²) in [4.78, 5) is 8.90. The Morgan fingerprint density at radius 1 is 0.872 bits per heavy atom. The van der Waals surface area contributed by atoms with E-state index < -0.39 is 21.9 Å². The summed E-state index contributed by atoms with van der Waals surface area (Å²) < 4.78 is 55.9. The molecule has 7 aromatic rings. The SMILES string of the molecule is [2H]C([2H])([2H])c1c[c-]c(-c2[c-]ccc3c2oc2c(-c4cn([Si](C)(CC)CC)cn4)c(C#N)ccc23)cc1C([2H])([2H])[2H].[Ir+3].[c-]1ccccc1-c1ccccn1. The molecule has 0 saturated heterocycles. The average Bonchev–Trinajstić information content (AvgIpc) is 3.80. The fraction of sp³-hybridized carbons (Fsp3) is 0.175. The van der Waals surface area contributed by atoms with E-state index >= 15 is 0 Å². The zero-order valence-corrected chi connectivity index (χ0v) is 29.6. The first-order valence-corrected chi connectivity index (χ1v) is 17.9. The number of rotatable bonds is 6. The minimum Gasteiger partial charge on any atom is -0.509 e. The van der Waals surface area contributed by atoms with E-state index in [0.29, 0.717) is 39.1 Å². The molecule has 7 rings (SSSR count). The molecular formula is C40H35IrN4OSi. The van der Waals surface area contributed by atoms with Gasteiger partial charge in [-0.25, -0.2) is 10.5 Å². The van der Waals surface area contributed by atoms with Gasteiger partial charge in [0.2, 0.25) is 0 Å². The molecule has 0 radical (unpaired) electrons. The maximum atomic E-state index is 9.98. The van der Waals surface area contributed by atoms with Crippen molar-refractivity contribution in [3.05, 3.63) is 132 Å². The molecule has 5 nitrogen and oxygen atoms in total. The number of furan rings is 1. The van der Waals surface area contributed by atoms with Crippen molar-refractivity contribution < 1.29 is 32.7 Å². The van der Waals surface area contributed by atoms with Gasteiger partial charge in [0.1, 0.15) is 5.58 Å². The van der Waals surface area contributed by atoms with E-state index in [1.807, 2.05) is 67.1 Å². The summed E-state index contributed by atoms with van der Waals surface area (Å²) in [5.74, 6) is 0. The van der Waals surface area contributed by atoms with Crippen molar-refractivity contribution >= 4 is 30.2 Å². The van der Waals surface area contributed by atoms with E-state index in [1.165, 1.54) is 12.1 Å². The van der Waals surface area contributed by atoms with Crippen molar-refractivity contribution in [3.8, 4) is 39.7 Å². The van der Waals surface area contributed by atoms with Crippen molar-refractivity contribution in [1.29, 1.82) is 5.26 Å². The van der Waals surface area contributed by atoms with Crippen LogP contribution in [0.5, 0.6) is 0 Å². The number of benzene rings is 4. The smallest absolute Gasteiger partial charge is 0.509 e. The molecule has 4 aromatic carbocycles. The molecule has 47 heavy (non-hydrogen) atoms. The van der Waals surface area contributed by atoms with Gasteiger partial charge in [0.15, 0.2) is 8.24 Å². The first-order valence-electron chi connectivity index (χ1n) is 18.1. The van der Waals surface area contributed by atoms with Gasteiger partial charge in [-0.2, -0.15) is 41.2 Å². The van der Waals surface area contributed by atoms with Crippen LogP contribution in [0.15, 0.2) is 102 Å². The summed E-state index contributed by atoms with van der Waals surface area (Å²) in [6.07, 6.45) is 5.63. The van der Waals surface area contributed by atoms with E-state index in [4.69, 9.17) is 12.6 Å². The number of aromatic nitrogens is 3. The molecule has 0 N–H and O–H groups in total. The van der Waals surface area contributed by atoms with Crippen LogP contribution >= 0.6 is 0 Å². The van der Waals surface area contributed by atoms with Crippen molar-refractivity contribution in [3.63, 3.8) is 0 Å². The Morgan fingerprint density at radius 3 is 2.38 bits per heavy atom. The molecule has 0 amide bonds. The Hall–Kier alpha value is -4.60. The maximum Gasteiger partial charge on any atom is 3.00 e. The molecule has 0 spiro atoms. The second-order valence-electron chi connectivity index (χ2n) is 11.2. The van der Waals surface area contributed by atoms with Crippen molar-refractivity contribution in [1.82, 2.24) is 14.2 Å². The molecule has 0 bridgehead atoms. The Kier molecular flexibility index (Phi) is 8.13. The average molecular weight is 814 g/mol. The number of nitriles is 1. The predicted octanol–water partition coefficient (Wildman–Crippen LogP) is 10.2. The van der Waals surface area contributed by atoms with Gasteiger partial charge in [-0.15, -0.1) is 53.1 Å². The van der Waals surface area contributed by atoms with Gasteiger partial charge in [-0.1, -0.05) is 57.7 Å². The Bertz CT molecular complexity index is 2360. The van der Waals surface area contributed by atoms with Gasteiger partial charge < -0.3 is 13.6 Å². The summed E-state index contributed by atoms with van der Waals surface area (Å²) in [5.41, 5.74) is 4.87. The largest absolute Gasteiger partial charge is 3.00 e. The minimum absolute atomic E-state index is 0. The fourth-order valence-electron chi connectivity index (χ4n) is 5.43. The normalized spacial score (nSPS) is 13.5. The van der Waals surface area contributed by atoms with E-state index in [9.17, 15) is 5.26 Å². The van der Waals surface area contributed by atoms with Crippen molar-refractivity contribution in [2.75, 3.05) is 0 Å². The number of hydrogen-bond acceptors (Lipinski definition) is 4. The standard InChI is InChI=1S/C29H27N3OSi.C11H8N.Ir/c1-6-34(5,7-2)32-17-26(31-18-32)27-22(16-30)13-14-25-24-10-8-9-23(28(24)33-29(25)27)21-12-11-19(3)20(4)15-21;1-2-6-10(7-3-1)11-8-4-5-9-12-11;/h8,10-11,13-15,17-18H,6-7H2,1-5H3;1-6,8-9H;/q-2;-1;+3/i3D3,4D3;;. The minimum atomic E-state index is -2.64. The zero-order valence-electron chi connectivity index (χ0n) is 32.2. The Morgan fingerprint density at radius 2 is 1.68 bits per heavy atom. The third kappa shape index (κ3) is 6.64. The summed E-state index contributed by atoms with van der Waals surface area (Å²) in [6.45, 7) is 1.43. The van der Waals surface area contributed by atoms with Gasteiger partial charge in [0.25, 0.3) is 0 Å². The molecule has 0 fully saturated rings. The van der Waals surface area contributed by atoms with Crippen LogP contribution in [0.1, 0.15) is 38.8 Å². The molecular weight excluding hydrogens is 773 g/mol. The van der Waals surface area contributed by atoms with E-state index in [1.54, 1.807) is 18.3 Å². The van der Waals surface area contributed by atoms with Crippen molar-refractivity contribution in [2.24, 2.45) is 0 Å². The van der Waals surface area contributed by atoms with Crippen LogP contribution in [0, 0.1) is 43.2 Å². The monoisotopic (exact) mass is 814 g/mol. The molecule has 7 heteroatoms. The number of pyridine rings is 1. The van der Waals surface area contributed by atoms with Crippen LogP contribution in [-0.4, -0.2) is 22.4 Å². The zero-order chi connectivity index (χ0) is 37.3. The number of hydrogen-bond donors (Lipinski definition) is 0. The van der Waals surface area contributed by atoms with E-state index in [2.05, 4.69) is 58.9 Å². The van der Waals surface area contributed by atoms with E-state index in [0.717, 1.165) is 34.1 Å². The fourth-order valence-corrected chi connectivity index (χ4v) is 7.43. The van der Waals surface area contributed by atoms with Crippen molar-refractivity contribution in [2.45, 2.75) is 46.2 Å². The summed E-state index contributed by atoms with van der Waals surface area (Å²) >= 11 is 0. The van der Waals surface area contributed by atoms with Gasteiger partial charge in [-0.05, 0) is 29.9 Å². The summed E-state index contributed by atoms with van der Waals surface area (Å²) in [6, 6.07) is 36.9. The van der Waals surface area contributed by atoms with Crippen LogP contribution in [0.4, 0.5) is 0 Å². The molecule has 0 unspecified atom stereocenters. The van der Waals surface area contributed by atoms with Gasteiger partial charge in [0, 0.05) is 31.6 Å². The molecule has 0 saturated carbocycles. The molecule has 0 aliphatic carbocycles. The van der Waals surface area contributed by atoms with Crippen LogP contribution in [0.2, 0.25) is 18.6 Å². The maximum absolute atomic E-state index is 9.98. The molecule has 0 aliphatic heterocycles. The summed E-state index contributed by atoms with van der Waals surface area (Å²) in [7, 11) is -1.76. The second-order valence-corrected chi connectivity index (χ2v) is 16.1. The van der Waals surface area contributed by atoms with Gasteiger partial charge >= 0.3 is 20.1 Å². The van der Waals surface area contributed by atoms with Crippen LogP contribution in [0.3, 0.4) is 0 Å². The van der Waals surface area contributed by atoms with Crippen LogP contribution in [-0.2, 0) is 20.1 Å². The topological polar surface area (TPSA) is 67.6 Å². The first-order chi connectivity index (χ1) is 24.8. The van der Waals surface area contributed by atoms with Crippen LogP contribution < -0.4 is 0 Å².